The van der Waals surface area contributed by atoms with Gasteiger partial charge in [0.25, 0.3) is 0 Å². The molecule has 1 fully saturated rings. The summed E-state index contributed by atoms with van der Waals surface area (Å²) in [4.78, 5) is 17.7. The topological polar surface area (TPSA) is 51.1 Å². The molecule has 1 heterocycles. The lowest BCUT2D eigenvalue weighted by molar-refractivity contribution is -0.0316. The van der Waals surface area contributed by atoms with Crippen molar-refractivity contribution in [3.05, 3.63) is 0 Å². The summed E-state index contributed by atoms with van der Waals surface area (Å²) in [6, 6.07) is 0. The Hall–Kier alpha value is -1.26. The third kappa shape index (κ3) is 2.34. The Morgan fingerprint density at radius 1 is 1.85 bits per heavy atom. The van der Waals surface area contributed by atoms with Crippen molar-refractivity contribution < 1.29 is 14.4 Å². The molecule has 13 heavy (non-hydrogen) atoms. The van der Waals surface area contributed by atoms with Crippen molar-refractivity contribution in [2.45, 2.75) is 26.5 Å². The molecule has 74 valence electrons. The summed E-state index contributed by atoms with van der Waals surface area (Å²) >= 11 is 0. The molecule has 0 bridgehead atoms. The third-order valence-electron chi connectivity index (χ3n) is 1.78. The smallest absolute Gasteiger partial charge is 0.412 e. The van der Waals surface area contributed by atoms with Crippen LogP contribution in [0, 0.1) is 0 Å². The average molecular weight is 186 g/mol. The highest BCUT2D eigenvalue weighted by Gasteiger charge is 2.29. The van der Waals surface area contributed by atoms with Crippen LogP contribution in [-0.4, -0.2) is 36.6 Å². The van der Waals surface area contributed by atoms with Crippen molar-refractivity contribution in [3.63, 3.8) is 0 Å². The number of rotatable bonds is 4. The lowest BCUT2D eigenvalue weighted by Gasteiger charge is -2.21. The molecule has 0 spiro atoms. The Bertz CT molecular complexity index is 206. The van der Waals surface area contributed by atoms with Crippen LogP contribution in [0.25, 0.3) is 0 Å². The van der Waals surface area contributed by atoms with E-state index in [2.05, 4.69) is 5.16 Å². The summed E-state index contributed by atoms with van der Waals surface area (Å²) in [5.41, 5.74) is 0. The van der Waals surface area contributed by atoms with E-state index in [4.69, 9.17) is 9.57 Å². The lowest BCUT2D eigenvalue weighted by atomic mass is 10.4. The second-order valence-corrected chi connectivity index (χ2v) is 2.64. The number of nitrogens with zero attached hydrogens (tertiary/aromatic N) is 2. The molecule has 0 saturated carbocycles. The molecule has 5 heteroatoms. The van der Waals surface area contributed by atoms with Gasteiger partial charge in [-0.25, -0.2) is 4.79 Å². The first-order valence-corrected chi connectivity index (χ1v) is 4.36. The van der Waals surface area contributed by atoms with Crippen LogP contribution in [0.2, 0.25) is 0 Å². The van der Waals surface area contributed by atoms with Gasteiger partial charge in [-0.2, -0.15) is 0 Å². The molecule has 0 radical (unpaired) electrons. The summed E-state index contributed by atoms with van der Waals surface area (Å²) in [7, 11) is 0. The predicted octanol–water partition coefficient (Wildman–Crippen LogP) is 1.20. The molecule has 0 N–H and O–H groups in total. The highest BCUT2D eigenvalue weighted by molar-refractivity contribution is 5.69. The van der Waals surface area contributed by atoms with E-state index in [-0.39, 0.29) is 12.3 Å². The Balaban J connectivity index is 2.49. The number of carbonyl (C=O) groups excluding carboxylic acids is 1. The zero-order valence-electron chi connectivity index (χ0n) is 7.90. The molecule has 0 aromatic heterocycles. The summed E-state index contributed by atoms with van der Waals surface area (Å²) in [5, 5.41) is 3.65. The first-order valence-electron chi connectivity index (χ1n) is 4.36. The molecule has 0 aromatic carbocycles. The van der Waals surface area contributed by atoms with Gasteiger partial charge in [-0.15, -0.1) is 0 Å². The van der Waals surface area contributed by atoms with Gasteiger partial charge in [0.2, 0.25) is 6.23 Å². The largest absolute Gasteiger partial charge is 0.447 e. The van der Waals surface area contributed by atoms with Crippen molar-refractivity contribution >= 4 is 12.3 Å². The van der Waals surface area contributed by atoms with Crippen molar-refractivity contribution in [2.24, 2.45) is 5.16 Å². The maximum Gasteiger partial charge on any atom is 0.412 e. The summed E-state index contributed by atoms with van der Waals surface area (Å²) < 4.78 is 4.78. The zero-order valence-corrected chi connectivity index (χ0v) is 7.90. The van der Waals surface area contributed by atoms with Gasteiger partial charge in [-0.3, -0.25) is 4.90 Å². The molecule has 1 rings (SSSR count). The number of cyclic esters (lactones) is 1. The van der Waals surface area contributed by atoms with Crippen LogP contribution in [0.15, 0.2) is 5.16 Å². The van der Waals surface area contributed by atoms with Crippen molar-refractivity contribution in [3.8, 4) is 0 Å². The van der Waals surface area contributed by atoms with Crippen LogP contribution >= 0.6 is 0 Å². The van der Waals surface area contributed by atoms with Gasteiger partial charge in [-0.1, -0.05) is 12.1 Å². The number of ether oxygens (including phenoxy) is 1. The normalized spacial score (nSPS) is 19.2. The lowest BCUT2D eigenvalue weighted by Crippen LogP contribution is -2.36. The van der Waals surface area contributed by atoms with Crippen molar-refractivity contribution in [1.29, 1.82) is 0 Å². The second-order valence-electron chi connectivity index (χ2n) is 2.64. The SMILES string of the molecule is C/C=N/OC(CC)N1CCOC1=O. The fraction of sp³-hybridized carbons (Fsp3) is 0.750. The summed E-state index contributed by atoms with van der Waals surface area (Å²) in [5.74, 6) is 0. The fourth-order valence-corrected chi connectivity index (χ4v) is 1.15. The van der Waals surface area contributed by atoms with Gasteiger partial charge >= 0.3 is 6.09 Å². The highest BCUT2D eigenvalue weighted by Crippen LogP contribution is 2.12. The minimum Gasteiger partial charge on any atom is -0.447 e. The van der Waals surface area contributed by atoms with Crippen LogP contribution in [0.1, 0.15) is 20.3 Å². The van der Waals surface area contributed by atoms with Crippen molar-refractivity contribution in [1.82, 2.24) is 4.90 Å². The van der Waals surface area contributed by atoms with Crippen LogP contribution in [0.4, 0.5) is 4.79 Å². The van der Waals surface area contributed by atoms with Gasteiger partial charge in [0.1, 0.15) is 6.61 Å². The molecule has 1 unspecified atom stereocenters. The Morgan fingerprint density at radius 3 is 3.08 bits per heavy atom. The molecular formula is C8H14N2O3. The van der Waals surface area contributed by atoms with Gasteiger partial charge in [-0.05, 0) is 6.92 Å². The van der Waals surface area contributed by atoms with Gasteiger partial charge < -0.3 is 9.57 Å². The average Bonchev–Trinajstić information content (AvgIpc) is 2.54. The molecule has 1 aliphatic rings. The Labute approximate surface area is 77.3 Å². The number of hydrogen-bond acceptors (Lipinski definition) is 4. The maximum atomic E-state index is 11.1. The van der Waals surface area contributed by atoms with Crippen LogP contribution < -0.4 is 0 Å². The highest BCUT2D eigenvalue weighted by atomic mass is 16.7. The minimum absolute atomic E-state index is 0.300. The van der Waals surface area contributed by atoms with Crippen LogP contribution in [0.5, 0.6) is 0 Å². The minimum atomic E-state index is -0.321. The van der Waals surface area contributed by atoms with E-state index in [0.717, 1.165) is 0 Å². The van der Waals surface area contributed by atoms with E-state index < -0.39 is 0 Å². The van der Waals surface area contributed by atoms with Gasteiger partial charge in [0.05, 0.1) is 6.54 Å². The Kier molecular flexibility index (Phi) is 3.54. The quantitative estimate of drug-likeness (QED) is 0.489. The summed E-state index contributed by atoms with van der Waals surface area (Å²) in [6.45, 7) is 4.71. The van der Waals surface area contributed by atoms with E-state index in [1.807, 2.05) is 6.92 Å². The molecule has 0 aromatic rings. The zero-order chi connectivity index (χ0) is 9.68. The van der Waals surface area contributed by atoms with Crippen molar-refractivity contribution in [2.75, 3.05) is 13.2 Å². The number of hydrogen-bond donors (Lipinski definition) is 0. The molecule has 1 atom stereocenters. The fourth-order valence-electron chi connectivity index (χ4n) is 1.15. The van der Waals surface area contributed by atoms with E-state index in [1.165, 1.54) is 4.90 Å². The van der Waals surface area contributed by atoms with Crippen LogP contribution in [-0.2, 0) is 9.57 Å². The van der Waals surface area contributed by atoms with E-state index in [0.29, 0.717) is 19.6 Å². The van der Waals surface area contributed by atoms with E-state index in [1.54, 1.807) is 13.1 Å². The molecule has 5 nitrogen and oxygen atoms in total. The summed E-state index contributed by atoms with van der Waals surface area (Å²) in [6.07, 6.45) is 1.63. The Morgan fingerprint density at radius 2 is 2.62 bits per heavy atom. The number of carbonyl (C=O) groups is 1. The molecule has 1 saturated heterocycles. The predicted molar refractivity (Wildman–Crippen MR) is 47.4 cm³/mol. The first kappa shape index (κ1) is 9.83. The molecular weight excluding hydrogens is 172 g/mol. The second kappa shape index (κ2) is 4.69. The first-order chi connectivity index (χ1) is 6.29. The molecule has 1 aliphatic heterocycles. The van der Waals surface area contributed by atoms with E-state index >= 15 is 0 Å². The standard InChI is InChI=1S/C8H14N2O3/c1-3-7(13-9-4-2)10-5-6-12-8(10)11/h4,7H,3,5-6H2,1-2H3/b9-4+. The number of oxime groups is 1. The molecule has 1 amide bonds. The number of amides is 1. The van der Waals surface area contributed by atoms with Gasteiger partial charge in [0, 0.05) is 12.6 Å². The van der Waals surface area contributed by atoms with E-state index in [9.17, 15) is 4.79 Å². The third-order valence-corrected chi connectivity index (χ3v) is 1.78. The monoisotopic (exact) mass is 186 g/mol. The maximum absolute atomic E-state index is 11.1. The molecule has 0 aliphatic carbocycles. The van der Waals surface area contributed by atoms with Gasteiger partial charge in [0.15, 0.2) is 0 Å². The van der Waals surface area contributed by atoms with Crippen LogP contribution in [0.3, 0.4) is 0 Å².